The third-order valence-electron chi connectivity index (χ3n) is 5.81. The lowest BCUT2D eigenvalue weighted by atomic mass is 10.0. The van der Waals surface area contributed by atoms with Crippen LogP contribution in [0.2, 0.25) is 0 Å². The molecule has 3 aromatic carbocycles. The Morgan fingerprint density at radius 2 is 1.53 bits per heavy atom. The van der Waals surface area contributed by atoms with Crippen LogP contribution >= 0.6 is 0 Å². The molecule has 0 heterocycles. The normalized spacial score (nSPS) is 11.9. The first-order valence-corrected chi connectivity index (χ1v) is 12.9. The largest absolute Gasteiger partial charge is 0.497 e. The van der Waals surface area contributed by atoms with E-state index in [0.717, 1.165) is 15.4 Å². The van der Waals surface area contributed by atoms with Gasteiger partial charge in [0, 0.05) is 6.07 Å². The standard InChI is InChI=1S/C27H32N2O6S/c1-6-24(20-9-12-22(33-3)13-10-20)28-27(30)18-29(21-11-16-25(34-4)26(17-21)35-5)36(31,32)23-14-7-19(2)8-15-23/h7-17,24H,6,18H2,1-5H3,(H,28,30)/t24-/m1/s1. The molecule has 0 saturated heterocycles. The van der Waals surface area contributed by atoms with Gasteiger partial charge >= 0.3 is 0 Å². The first kappa shape index (κ1) is 26.9. The first-order chi connectivity index (χ1) is 17.2. The molecule has 1 amide bonds. The van der Waals surface area contributed by atoms with E-state index in [1.807, 2.05) is 38.1 Å². The molecule has 9 heteroatoms. The fraction of sp³-hybridized carbons (Fsp3) is 0.296. The number of amides is 1. The summed E-state index contributed by atoms with van der Waals surface area (Å²) in [6.45, 7) is 3.41. The van der Waals surface area contributed by atoms with E-state index in [4.69, 9.17) is 14.2 Å². The highest BCUT2D eigenvalue weighted by Crippen LogP contribution is 2.34. The zero-order valence-corrected chi connectivity index (χ0v) is 22.0. The number of nitrogens with zero attached hydrogens (tertiary/aromatic N) is 1. The number of anilines is 1. The number of methoxy groups -OCH3 is 3. The molecule has 0 aliphatic heterocycles. The summed E-state index contributed by atoms with van der Waals surface area (Å²) in [5.74, 6) is 1.07. The van der Waals surface area contributed by atoms with Crippen molar-refractivity contribution in [3.63, 3.8) is 0 Å². The van der Waals surface area contributed by atoms with Gasteiger partial charge in [0.25, 0.3) is 10.0 Å². The molecule has 1 N–H and O–H groups in total. The van der Waals surface area contributed by atoms with Gasteiger partial charge in [0.05, 0.1) is 38.0 Å². The highest BCUT2D eigenvalue weighted by Gasteiger charge is 2.29. The number of hydrogen-bond donors (Lipinski definition) is 1. The van der Waals surface area contributed by atoms with E-state index in [-0.39, 0.29) is 16.6 Å². The Kier molecular flexibility index (Phi) is 8.82. The van der Waals surface area contributed by atoms with Crippen molar-refractivity contribution in [3.8, 4) is 17.2 Å². The number of carbonyl (C=O) groups is 1. The summed E-state index contributed by atoms with van der Waals surface area (Å²) in [5, 5.41) is 2.96. The van der Waals surface area contributed by atoms with Crippen molar-refractivity contribution in [2.24, 2.45) is 0 Å². The van der Waals surface area contributed by atoms with Crippen LogP contribution in [0.4, 0.5) is 5.69 Å². The fourth-order valence-corrected chi connectivity index (χ4v) is 5.17. The molecule has 1 atom stereocenters. The van der Waals surface area contributed by atoms with Gasteiger partial charge < -0.3 is 19.5 Å². The molecule has 0 spiro atoms. The van der Waals surface area contributed by atoms with Crippen LogP contribution in [0.1, 0.15) is 30.5 Å². The predicted octanol–water partition coefficient (Wildman–Crippen LogP) is 4.48. The summed E-state index contributed by atoms with van der Waals surface area (Å²) in [4.78, 5) is 13.3. The molecule has 0 aromatic heterocycles. The smallest absolute Gasteiger partial charge is 0.264 e. The van der Waals surface area contributed by atoms with Crippen molar-refractivity contribution < 1.29 is 27.4 Å². The Labute approximate surface area is 212 Å². The van der Waals surface area contributed by atoms with Crippen LogP contribution in [0, 0.1) is 6.92 Å². The number of ether oxygens (including phenoxy) is 3. The van der Waals surface area contributed by atoms with Crippen LogP contribution in [0.25, 0.3) is 0 Å². The fourth-order valence-electron chi connectivity index (χ4n) is 3.76. The van der Waals surface area contributed by atoms with Crippen molar-refractivity contribution in [2.75, 3.05) is 32.2 Å². The molecule has 0 radical (unpaired) electrons. The third-order valence-corrected chi connectivity index (χ3v) is 7.60. The Hall–Kier alpha value is -3.72. The number of sulfonamides is 1. The summed E-state index contributed by atoms with van der Waals surface area (Å²) in [6, 6.07) is 18.3. The third kappa shape index (κ3) is 6.09. The van der Waals surface area contributed by atoms with Crippen molar-refractivity contribution >= 4 is 21.6 Å². The molecule has 0 aliphatic carbocycles. The number of hydrogen-bond acceptors (Lipinski definition) is 6. The van der Waals surface area contributed by atoms with Gasteiger partial charge in [-0.25, -0.2) is 8.42 Å². The molecule has 8 nitrogen and oxygen atoms in total. The van der Waals surface area contributed by atoms with Crippen LogP contribution in [0.3, 0.4) is 0 Å². The molecule has 192 valence electrons. The van der Waals surface area contributed by atoms with E-state index >= 15 is 0 Å². The molecule has 3 rings (SSSR count). The van der Waals surface area contributed by atoms with E-state index in [1.165, 1.54) is 26.4 Å². The van der Waals surface area contributed by atoms with E-state index < -0.39 is 22.5 Å². The molecule has 0 fully saturated rings. The van der Waals surface area contributed by atoms with Crippen molar-refractivity contribution in [2.45, 2.75) is 31.2 Å². The zero-order valence-electron chi connectivity index (χ0n) is 21.1. The van der Waals surface area contributed by atoms with Gasteiger partial charge in [0.1, 0.15) is 12.3 Å². The van der Waals surface area contributed by atoms with E-state index in [1.54, 1.807) is 37.4 Å². The SMILES string of the molecule is CC[C@@H](NC(=O)CN(c1ccc(OC)c(OC)c1)S(=O)(=O)c1ccc(C)cc1)c1ccc(OC)cc1. The van der Waals surface area contributed by atoms with Crippen LogP contribution in [0.5, 0.6) is 17.2 Å². The summed E-state index contributed by atoms with van der Waals surface area (Å²) in [7, 11) is 0.484. The van der Waals surface area contributed by atoms with Crippen molar-refractivity contribution in [3.05, 3.63) is 77.9 Å². The number of nitrogens with one attached hydrogen (secondary N) is 1. The van der Waals surface area contributed by atoms with E-state index in [0.29, 0.717) is 23.7 Å². The van der Waals surface area contributed by atoms with Gasteiger partial charge in [-0.05, 0) is 55.3 Å². The van der Waals surface area contributed by atoms with Gasteiger partial charge in [0.2, 0.25) is 5.91 Å². The molecule has 0 saturated carbocycles. The van der Waals surface area contributed by atoms with Crippen molar-refractivity contribution in [1.82, 2.24) is 5.32 Å². The van der Waals surface area contributed by atoms with E-state index in [2.05, 4.69) is 5.32 Å². The van der Waals surface area contributed by atoms with Gasteiger partial charge in [-0.15, -0.1) is 0 Å². The Bertz CT molecular complexity index is 1270. The van der Waals surface area contributed by atoms with Crippen LogP contribution < -0.4 is 23.8 Å². The summed E-state index contributed by atoms with van der Waals surface area (Å²) < 4.78 is 44.3. The molecule has 0 aliphatic rings. The lowest BCUT2D eigenvalue weighted by molar-refractivity contribution is -0.120. The minimum atomic E-state index is -4.07. The first-order valence-electron chi connectivity index (χ1n) is 11.5. The van der Waals surface area contributed by atoms with Crippen LogP contribution in [-0.2, 0) is 14.8 Å². The number of rotatable bonds is 11. The minimum Gasteiger partial charge on any atom is -0.497 e. The van der Waals surface area contributed by atoms with Gasteiger partial charge in [0.15, 0.2) is 11.5 Å². The monoisotopic (exact) mass is 512 g/mol. The van der Waals surface area contributed by atoms with Crippen LogP contribution in [0.15, 0.2) is 71.6 Å². The number of benzene rings is 3. The molecule has 0 bridgehead atoms. The quantitative estimate of drug-likeness (QED) is 0.407. The van der Waals surface area contributed by atoms with Crippen molar-refractivity contribution in [1.29, 1.82) is 0 Å². The maximum Gasteiger partial charge on any atom is 0.264 e. The predicted molar refractivity (Wildman–Crippen MR) is 139 cm³/mol. The summed E-state index contributed by atoms with van der Waals surface area (Å²) >= 11 is 0. The highest BCUT2D eigenvalue weighted by molar-refractivity contribution is 7.92. The molecular formula is C27H32N2O6S. The Morgan fingerprint density at radius 3 is 2.08 bits per heavy atom. The van der Waals surface area contributed by atoms with Gasteiger partial charge in [-0.1, -0.05) is 36.8 Å². The number of carbonyl (C=O) groups excluding carboxylic acids is 1. The average molecular weight is 513 g/mol. The lowest BCUT2D eigenvalue weighted by Crippen LogP contribution is -2.42. The second kappa shape index (κ2) is 11.8. The topological polar surface area (TPSA) is 94.2 Å². The number of aryl methyl sites for hydroxylation is 1. The maximum atomic E-state index is 13.7. The van der Waals surface area contributed by atoms with Gasteiger partial charge in [-0.3, -0.25) is 9.10 Å². The van der Waals surface area contributed by atoms with E-state index in [9.17, 15) is 13.2 Å². The molecular weight excluding hydrogens is 480 g/mol. The maximum absolute atomic E-state index is 13.7. The molecule has 36 heavy (non-hydrogen) atoms. The van der Waals surface area contributed by atoms with Gasteiger partial charge in [-0.2, -0.15) is 0 Å². The Morgan fingerprint density at radius 1 is 0.889 bits per heavy atom. The Balaban J connectivity index is 1.95. The lowest BCUT2D eigenvalue weighted by Gasteiger charge is -2.26. The summed E-state index contributed by atoms with van der Waals surface area (Å²) in [5.41, 5.74) is 2.10. The summed E-state index contributed by atoms with van der Waals surface area (Å²) in [6.07, 6.45) is 0.624. The molecule has 3 aromatic rings. The minimum absolute atomic E-state index is 0.0814. The second-order valence-electron chi connectivity index (χ2n) is 8.17. The molecule has 0 unspecified atom stereocenters. The second-order valence-corrected chi connectivity index (χ2v) is 10.0. The zero-order chi connectivity index (χ0) is 26.3. The average Bonchev–Trinajstić information content (AvgIpc) is 2.90. The van der Waals surface area contributed by atoms with Crippen LogP contribution in [-0.4, -0.2) is 42.2 Å². The highest BCUT2D eigenvalue weighted by atomic mass is 32.2.